The number of carbonyl (C=O) groups excluding carboxylic acids is 4. The Balaban J connectivity index is 0.912. The number of carbonyl (C=O) groups is 4. The molecular formula is C52H56F2N4O8S2. The highest BCUT2D eigenvalue weighted by atomic mass is 32.2. The molecule has 2 aliphatic rings. The van der Waals surface area contributed by atoms with Crippen molar-refractivity contribution in [3.05, 3.63) is 130 Å². The SMILES string of the molecule is CCCS(=O)(=O)Cc1ccc(F)c(C(=O)C2=CCc3ncc(-c4ccc(OCCCC(=O)C[C@H](C(=O)N5C[C@@H](O)C[C@H]5C(=O)NCc5ccc(-c6scnc6C)cc5)C(C)(C)C)cc4)cc32)c1F. The number of aromatic nitrogens is 2. The number of hydrogen-bond acceptors (Lipinski definition) is 11. The van der Waals surface area contributed by atoms with Gasteiger partial charge in [-0.15, -0.1) is 11.3 Å². The second-order valence-electron chi connectivity index (χ2n) is 18.6. The van der Waals surface area contributed by atoms with E-state index in [2.05, 4.69) is 15.3 Å². The number of aryl methyl sites for hydroxylation is 1. The Morgan fingerprint density at radius 3 is 2.38 bits per heavy atom. The number of ketones is 2. The summed E-state index contributed by atoms with van der Waals surface area (Å²) in [7, 11) is -3.66. The number of Topliss-reactive ketones (excluding diaryl/α,β-unsaturated/α-hetero) is 2. The van der Waals surface area contributed by atoms with Gasteiger partial charge in [-0.1, -0.05) is 76.2 Å². The molecular weight excluding hydrogens is 911 g/mol. The van der Waals surface area contributed by atoms with Gasteiger partial charge in [-0.05, 0) is 66.1 Å². The van der Waals surface area contributed by atoms with Gasteiger partial charge in [0.1, 0.15) is 29.2 Å². The van der Waals surface area contributed by atoms with Crippen molar-refractivity contribution in [1.82, 2.24) is 20.2 Å². The number of allylic oxidation sites excluding steroid dienone is 2. The van der Waals surface area contributed by atoms with Crippen molar-refractivity contribution >= 4 is 50.1 Å². The van der Waals surface area contributed by atoms with E-state index in [4.69, 9.17) is 4.74 Å². The number of hydrogen-bond donors (Lipinski definition) is 2. The van der Waals surface area contributed by atoms with Gasteiger partial charge < -0.3 is 20.1 Å². The average Bonchev–Trinajstić information content (AvgIpc) is 4.04. The van der Waals surface area contributed by atoms with E-state index < -0.39 is 62.0 Å². The molecule has 1 fully saturated rings. The van der Waals surface area contributed by atoms with Gasteiger partial charge in [-0.3, -0.25) is 24.2 Å². The molecule has 0 bridgehead atoms. The topological polar surface area (TPSA) is 173 Å². The molecule has 0 radical (unpaired) electrons. The van der Waals surface area contributed by atoms with Crippen LogP contribution in [0, 0.1) is 29.9 Å². The largest absolute Gasteiger partial charge is 0.494 e. The monoisotopic (exact) mass is 966 g/mol. The van der Waals surface area contributed by atoms with E-state index in [0.717, 1.165) is 39.4 Å². The van der Waals surface area contributed by atoms with E-state index in [-0.39, 0.29) is 79.9 Å². The predicted octanol–water partition coefficient (Wildman–Crippen LogP) is 8.66. The van der Waals surface area contributed by atoms with Crippen molar-refractivity contribution in [2.45, 2.75) is 97.6 Å². The lowest BCUT2D eigenvalue weighted by molar-refractivity contribution is -0.146. The molecule has 12 nitrogen and oxygen atoms in total. The maximum Gasteiger partial charge on any atom is 0.243 e. The molecule has 7 rings (SSSR count). The van der Waals surface area contributed by atoms with Gasteiger partial charge in [-0.25, -0.2) is 22.2 Å². The lowest BCUT2D eigenvalue weighted by Gasteiger charge is -2.34. The third kappa shape index (κ3) is 11.6. The Hall–Kier alpha value is -5.97. The van der Waals surface area contributed by atoms with Gasteiger partial charge >= 0.3 is 0 Å². The Bertz CT molecular complexity index is 2840. The number of ether oxygens (including phenoxy) is 1. The van der Waals surface area contributed by atoms with Crippen LogP contribution in [0.1, 0.15) is 98.2 Å². The van der Waals surface area contributed by atoms with Gasteiger partial charge in [0.25, 0.3) is 0 Å². The highest BCUT2D eigenvalue weighted by molar-refractivity contribution is 7.90. The molecule has 2 N–H and O–H groups in total. The third-order valence-corrected chi connectivity index (χ3v) is 15.2. The van der Waals surface area contributed by atoms with Gasteiger partial charge in [-0.2, -0.15) is 0 Å². The molecule has 1 aliphatic heterocycles. The average molecular weight is 967 g/mol. The highest BCUT2D eigenvalue weighted by Crippen LogP contribution is 2.36. The van der Waals surface area contributed by atoms with Gasteiger partial charge in [0.2, 0.25) is 11.8 Å². The predicted molar refractivity (Wildman–Crippen MR) is 257 cm³/mol. The molecule has 68 heavy (non-hydrogen) atoms. The molecule has 0 spiro atoms. The molecule has 1 saturated heterocycles. The van der Waals surface area contributed by atoms with E-state index >= 15 is 8.78 Å². The minimum Gasteiger partial charge on any atom is -0.494 e. The number of likely N-dealkylation sites (tertiary alicyclic amines) is 1. The van der Waals surface area contributed by atoms with Crippen LogP contribution in [-0.4, -0.2) is 82.8 Å². The molecule has 358 valence electrons. The summed E-state index contributed by atoms with van der Waals surface area (Å²) in [6.07, 6.45) is 3.59. The number of aliphatic hydroxyl groups excluding tert-OH is 1. The van der Waals surface area contributed by atoms with Crippen molar-refractivity contribution in [2.75, 3.05) is 18.9 Å². The highest BCUT2D eigenvalue weighted by Gasteiger charge is 2.44. The first kappa shape index (κ1) is 49.9. The maximum absolute atomic E-state index is 15.6. The fourth-order valence-corrected chi connectivity index (χ4v) is 11.0. The summed E-state index contributed by atoms with van der Waals surface area (Å²) in [6, 6.07) is 17.8. The number of nitrogens with zero attached hydrogens (tertiary/aromatic N) is 3. The molecule has 2 aromatic heterocycles. The number of benzene rings is 3. The van der Waals surface area contributed by atoms with E-state index in [1.807, 2.05) is 52.0 Å². The zero-order valence-electron chi connectivity index (χ0n) is 38.8. The Morgan fingerprint density at radius 1 is 0.985 bits per heavy atom. The maximum atomic E-state index is 15.6. The zero-order valence-corrected chi connectivity index (χ0v) is 40.4. The van der Waals surface area contributed by atoms with Crippen molar-refractivity contribution in [3.63, 3.8) is 0 Å². The second kappa shape index (κ2) is 21.1. The Labute approximate surface area is 399 Å². The lowest BCUT2D eigenvalue weighted by Crippen LogP contribution is -2.50. The van der Waals surface area contributed by atoms with E-state index in [0.29, 0.717) is 35.4 Å². The van der Waals surface area contributed by atoms with Crippen molar-refractivity contribution in [2.24, 2.45) is 11.3 Å². The third-order valence-electron chi connectivity index (χ3n) is 12.4. The van der Waals surface area contributed by atoms with Crippen LogP contribution in [0.3, 0.4) is 0 Å². The van der Waals surface area contributed by atoms with Crippen LogP contribution < -0.4 is 10.1 Å². The summed E-state index contributed by atoms with van der Waals surface area (Å²) >= 11 is 1.56. The number of amides is 2. The number of fused-ring (bicyclic) bond motifs is 1. The van der Waals surface area contributed by atoms with Crippen LogP contribution in [0.25, 0.3) is 27.1 Å². The summed E-state index contributed by atoms with van der Waals surface area (Å²) < 4.78 is 61.4. The van der Waals surface area contributed by atoms with Crippen molar-refractivity contribution < 1.29 is 46.2 Å². The van der Waals surface area contributed by atoms with Crippen LogP contribution in [0.2, 0.25) is 0 Å². The number of thiazole rings is 1. The molecule has 3 atom stereocenters. The molecule has 5 aromatic rings. The first-order valence-corrected chi connectivity index (χ1v) is 25.5. The quantitative estimate of drug-likeness (QED) is 0.0603. The molecule has 1 aliphatic carbocycles. The van der Waals surface area contributed by atoms with Crippen LogP contribution in [0.5, 0.6) is 5.75 Å². The molecule has 2 amide bonds. The molecule has 0 unspecified atom stereocenters. The number of pyridine rings is 1. The molecule has 3 heterocycles. The Kier molecular flexibility index (Phi) is 15.5. The smallest absolute Gasteiger partial charge is 0.243 e. The van der Waals surface area contributed by atoms with E-state index in [1.54, 1.807) is 66.4 Å². The van der Waals surface area contributed by atoms with Gasteiger partial charge in [0.05, 0.1) is 51.6 Å². The van der Waals surface area contributed by atoms with Crippen LogP contribution in [-0.2, 0) is 42.9 Å². The molecule has 0 saturated carbocycles. The van der Waals surface area contributed by atoms with Crippen molar-refractivity contribution in [1.29, 1.82) is 0 Å². The lowest BCUT2D eigenvalue weighted by atomic mass is 9.76. The number of aliphatic hydroxyl groups is 1. The van der Waals surface area contributed by atoms with Crippen LogP contribution >= 0.6 is 11.3 Å². The summed E-state index contributed by atoms with van der Waals surface area (Å²) in [6.45, 7) is 9.78. The number of β-amino-alcohol motifs (C(OH)–C–C–N with tert-alkyl or cyclic N) is 1. The number of nitrogens with one attached hydrogen (secondary N) is 1. The summed E-state index contributed by atoms with van der Waals surface area (Å²) in [4.78, 5) is 66.0. The van der Waals surface area contributed by atoms with Gasteiger partial charge in [0.15, 0.2) is 15.6 Å². The zero-order chi connectivity index (χ0) is 48.9. The normalized spacial score (nSPS) is 16.3. The second-order valence-corrected chi connectivity index (χ2v) is 21.6. The fourth-order valence-electron chi connectivity index (χ4n) is 8.70. The first-order chi connectivity index (χ1) is 32.3. The first-order valence-electron chi connectivity index (χ1n) is 22.8. The van der Waals surface area contributed by atoms with Gasteiger partial charge in [0, 0.05) is 73.2 Å². The van der Waals surface area contributed by atoms with Crippen molar-refractivity contribution in [3.8, 4) is 27.3 Å². The van der Waals surface area contributed by atoms with Crippen LogP contribution in [0.4, 0.5) is 8.78 Å². The minimum absolute atomic E-state index is 0.00194. The summed E-state index contributed by atoms with van der Waals surface area (Å²) in [5, 5.41) is 13.6. The summed E-state index contributed by atoms with van der Waals surface area (Å²) in [5.74, 6) is -4.98. The van der Waals surface area contributed by atoms with E-state index in [9.17, 15) is 32.7 Å². The number of rotatable bonds is 19. The van der Waals surface area contributed by atoms with E-state index in [1.165, 1.54) is 4.90 Å². The molecule has 3 aromatic carbocycles. The minimum atomic E-state index is -3.66. The number of sulfone groups is 1. The molecule has 16 heteroatoms. The van der Waals surface area contributed by atoms with Crippen LogP contribution in [0.15, 0.2) is 84.5 Å². The standard InChI is InChI=1S/C52H56F2N4O8S2/c1-6-22-68(64,65)29-35-15-19-43(53)46(47(35)54)48(61)40-18-20-44-41(40)23-36(27-55-44)33-13-16-39(17-14-33)66-21-7-8-37(59)24-42(52(3,4)5)51(63)58-28-38(60)25-45(58)50(62)56-26-32-9-11-34(12-10-32)49-31(2)57-30-67-49/h9-19,23,27,30,38,42,45,60H,6-8,20-22,24-26,28-29H2,1-5H3,(H,56,62)/t38-,42+,45-/m0/s1. The summed E-state index contributed by atoms with van der Waals surface area (Å²) in [5.41, 5.74) is 5.44. The number of halogens is 2. The Morgan fingerprint density at radius 2 is 1.71 bits per heavy atom. The fraction of sp³-hybridized carbons (Fsp3) is 0.385.